The van der Waals surface area contributed by atoms with Crippen molar-refractivity contribution < 1.29 is 14.6 Å². The van der Waals surface area contributed by atoms with Gasteiger partial charge in [-0.25, -0.2) is 0 Å². The molecule has 4 nitrogen and oxygen atoms in total. The van der Waals surface area contributed by atoms with E-state index >= 15 is 0 Å². The van der Waals surface area contributed by atoms with Crippen LogP contribution >= 0.6 is 0 Å². The van der Waals surface area contributed by atoms with Crippen molar-refractivity contribution in [3.63, 3.8) is 0 Å². The van der Waals surface area contributed by atoms with E-state index in [1.807, 2.05) is 43.1 Å². The van der Waals surface area contributed by atoms with Gasteiger partial charge in [0, 0.05) is 19.7 Å². The van der Waals surface area contributed by atoms with E-state index < -0.39 is 0 Å². The zero-order chi connectivity index (χ0) is 16.1. The average molecular weight is 305 g/mol. The van der Waals surface area contributed by atoms with Gasteiger partial charge in [-0.05, 0) is 56.2 Å². The minimum Gasteiger partial charge on any atom is -0.497 e. The van der Waals surface area contributed by atoms with Gasteiger partial charge in [0.05, 0.1) is 13.0 Å². The summed E-state index contributed by atoms with van der Waals surface area (Å²) < 4.78 is 5.16. The van der Waals surface area contributed by atoms with Gasteiger partial charge in [-0.15, -0.1) is 0 Å². The van der Waals surface area contributed by atoms with E-state index in [1.54, 1.807) is 7.11 Å². The van der Waals surface area contributed by atoms with E-state index in [9.17, 15) is 9.90 Å². The van der Waals surface area contributed by atoms with Crippen molar-refractivity contribution in [3.8, 4) is 5.75 Å². The fraction of sp³-hybridized carbons (Fsp3) is 0.611. The number of carbonyl (C=O) groups excluding carboxylic acids is 1. The lowest BCUT2D eigenvalue weighted by molar-refractivity contribution is -0.134. The molecule has 22 heavy (non-hydrogen) atoms. The molecule has 1 aliphatic rings. The highest BCUT2D eigenvalue weighted by Gasteiger charge is 2.28. The molecule has 1 unspecified atom stereocenters. The van der Waals surface area contributed by atoms with E-state index in [4.69, 9.17) is 4.74 Å². The number of likely N-dealkylation sites (N-methyl/N-ethyl adjacent to an activating group) is 1. The Morgan fingerprint density at radius 1 is 1.27 bits per heavy atom. The third kappa shape index (κ3) is 3.80. The highest BCUT2D eigenvalue weighted by molar-refractivity contribution is 5.83. The van der Waals surface area contributed by atoms with Crippen LogP contribution in [-0.2, 0) is 4.79 Å². The first kappa shape index (κ1) is 16.8. The monoisotopic (exact) mass is 305 g/mol. The van der Waals surface area contributed by atoms with Crippen molar-refractivity contribution in [2.45, 2.75) is 44.6 Å². The van der Waals surface area contributed by atoms with Crippen LogP contribution < -0.4 is 4.74 Å². The third-order valence-corrected chi connectivity index (χ3v) is 4.96. The molecule has 2 rings (SSSR count). The summed E-state index contributed by atoms with van der Waals surface area (Å²) in [7, 11) is 3.55. The first-order chi connectivity index (χ1) is 10.6. The Labute approximate surface area is 133 Å². The number of aliphatic hydroxyl groups excluding tert-OH is 1. The van der Waals surface area contributed by atoms with Crippen LogP contribution in [0.2, 0.25) is 0 Å². The molecule has 0 radical (unpaired) electrons. The summed E-state index contributed by atoms with van der Waals surface area (Å²) in [5, 5.41) is 9.21. The number of amides is 1. The van der Waals surface area contributed by atoms with Gasteiger partial charge in [0.15, 0.2) is 0 Å². The molecule has 1 aliphatic carbocycles. The Hall–Kier alpha value is -1.55. The van der Waals surface area contributed by atoms with Crippen LogP contribution in [0.5, 0.6) is 5.75 Å². The van der Waals surface area contributed by atoms with Crippen molar-refractivity contribution in [2.24, 2.45) is 5.92 Å². The van der Waals surface area contributed by atoms with Crippen molar-refractivity contribution in [2.75, 3.05) is 20.8 Å². The zero-order valence-electron chi connectivity index (χ0n) is 13.8. The van der Waals surface area contributed by atoms with Crippen LogP contribution in [0.4, 0.5) is 0 Å². The molecule has 1 aromatic rings. The topological polar surface area (TPSA) is 49.8 Å². The van der Waals surface area contributed by atoms with Gasteiger partial charge in [-0.2, -0.15) is 0 Å². The molecule has 0 heterocycles. The van der Waals surface area contributed by atoms with Crippen LogP contribution in [-0.4, -0.2) is 42.7 Å². The Kier molecular flexibility index (Phi) is 5.83. The molecule has 1 amide bonds. The third-order valence-electron chi connectivity index (χ3n) is 4.96. The molecule has 1 atom stereocenters. The molecule has 1 N–H and O–H groups in total. The summed E-state index contributed by atoms with van der Waals surface area (Å²) >= 11 is 0. The fourth-order valence-electron chi connectivity index (χ4n) is 3.24. The van der Waals surface area contributed by atoms with Gasteiger partial charge in [-0.3, -0.25) is 4.79 Å². The SMILES string of the molecule is COc1ccc(C(C)C(=O)N(C)C2CCC(CO)CC2)cc1. The molecular formula is C18H27NO3. The molecule has 0 bridgehead atoms. The average Bonchev–Trinajstić information content (AvgIpc) is 2.60. The molecule has 122 valence electrons. The van der Waals surface area contributed by atoms with Crippen LogP contribution in [0.15, 0.2) is 24.3 Å². The standard InChI is InChI=1S/C18H27NO3/c1-13(15-6-10-17(22-3)11-7-15)18(21)19(2)16-8-4-14(12-20)5-9-16/h6-7,10-11,13-14,16,20H,4-5,8-9,12H2,1-3H3. The largest absolute Gasteiger partial charge is 0.497 e. The minimum atomic E-state index is -0.147. The van der Waals surface area contributed by atoms with Crippen LogP contribution in [0.1, 0.15) is 44.1 Å². The first-order valence-electron chi connectivity index (χ1n) is 8.08. The summed E-state index contributed by atoms with van der Waals surface area (Å²) in [4.78, 5) is 14.6. The summed E-state index contributed by atoms with van der Waals surface area (Å²) in [6.07, 6.45) is 4.00. The van der Waals surface area contributed by atoms with Crippen LogP contribution in [0.25, 0.3) is 0 Å². The second kappa shape index (κ2) is 7.63. The maximum atomic E-state index is 12.7. The van der Waals surface area contributed by atoms with E-state index in [-0.39, 0.29) is 18.4 Å². The van der Waals surface area contributed by atoms with Crippen molar-refractivity contribution in [1.82, 2.24) is 4.90 Å². The Morgan fingerprint density at radius 3 is 2.36 bits per heavy atom. The van der Waals surface area contributed by atoms with Crippen LogP contribution in [0, 0.1) is 5.92 Å². The maximum Gasteiger partial charge on any atom is 0.229 e. The van der Waals surface area contributed by atoms with Gasteiger partial charge >= 0.3 is 0 Å². The molecule has 0 aromatic heterocycles. The van der Waals surface area contributed by atoms with Gasteiger partial charge in [0.1, 0.15) is 5.75 Å². The summed E-state index contributed by atoms with van der Waals surface area (Å²) in [5.41, 5.74) is 1.02. The molecule has 1 aromatic carbocycles. The van der Waals surface area contributed by atoms with Gasteiger partial charge in [0.25, 0.3) is 0 Å². The number of nitrogens with zero attached hydrogens (tertiary/aromatic N) is 1. The molecule has 0 aliphatic heterocycles. The highest BCUT2D eigenvalue weighted by atomic mass is 16.5. The number of benzene rings is 1. The van der Waals surface area contributed by atoms with E-state index in [2.05, 4.69) is 0 Å². The fourth-order valence-corrected chi connectivity index (χ4v) is 3.24. The molecule has 0 saturated heterocycles. The van der Waals surface area contributed by atoms with E-state index in [0.717, 1.165) is 37.0 Å². The lowest BCUT2D eigenvalue weighted by Crippen LogP contribution is -2.41. The Morgan fingerprint density at radius 2 is 1.86 bits per heavy atom. The second-order valence-corrected chi connectivity index (χ2v) is 6.30. The van der Waals surface area contributed by atoms with Gasteiger partial charge in [-0.1, -0.05) is 12.1 Å². The number of carbonyl (C=O) groups is 1. The number of hydrogen-bond acceptors (Lipinski definition) is 3. The number of ether oxygens (including phenoxy) is 1. The zero-order valence-corrected chi connectivity index (χ0v) is 13.8. The lowest BCUT2D eigenvalue weighted by Gasteiger charge is -2.35. The smallest absolute Gasteiger partial charge is 0.229 e. The molecule has 4 heteroatoms. The first-order valence-corrected chi connectivity index (χ1v) is 8.08. The Balaban J connectivity index is 1.97. The van der Waals surface area contributed by atoms with E-state index in [0.29, 0.717) is 12.0 Å². The maximum absolute atomic E-state index is 12.7. The molecule has 0 spiro atoms. The number of methoxy groups -OCH3 is 1. The van der Waals surface area contributed by atoms with Gasteiger partial charge in [0.2, 0.25) is 5.91 Å². The Bertz CT molecular complexity index is 478. The highest BCUT2D eigenvalue weighted by Crippen LogP contribution is 2.29. The van der Waals surface area contributed by atoms with Gasteiger partial charge < -0.3 is 14.7 Å². The summed E-state index contributed by atoms with van der Waals surface area (Å²) in [6.45, 7) is 2.23. The van der Waals surface area contributed by atoms with Crippen molar-refractivity contribution in [3.05, 3.63) is 29.8 Å². The number of rotatable bonds is 5. The van der Waals surface area contributed by atoms with Crippen LogP contribution in [0.3, 0.4) is 0 Å². The summed E-state index contributed by atoms with van der Waals surface area (Å²) in [6, 6.07) is 8.00. The second-order valence-electron chi connectivity index (χ2n) is 6.30. The molecule has 1 saturated carbocycles. The predicted molar refractivity (Wildman–Crippen MR) is 87.0 cm³/mol. The predicted octanol–water partition coefficient (Wildman–Crippen LogP) is 2.81. The quantitative estimate of drug-likeness (QED) is 0.910. The van der Waals surface area contributed by atoms with Crippen molar-refractivity contribution >= 4 is 5.91 Å². The normalized spacial score (nSPS) is 22.9. The molecular weight excluding hydrogens is 278 g/mol. The van der Waals surface area contributed by atoms with Crippen molar-refractivity contribution in [1.29, 1.82) is 0 Å². The van der Waals surface area contributed by atoms with E-state index in [1.165, 1.54) is 0 Å². The minimum absolute atomic E-state index is 0.147. The number of aliphatic hydroxyl groups is 1. The lowest BCUT2D eigenvalue weighted by atomic mass is 9.85. The summed E-state index contributed by atoms with van der Waals surface area (Å²) in [5.74, 6) is 1.24. The number of hydrogen-bond donors (Lipinski definition) is 1. The molecule has 1 fully saturated rings.